The summed E-state index contributed by atoms with van der Waals surface area (Å²) in [6.45, 7) is 2.76. The molecule has 0 atom stereocenters. The third kappa shape index (κ3) is 5.50. The molecule has 0 fully saturated rings. The molecule has 0 saturated heterocycles. The summed E-state index contributed by atoms with van der Waals surface area (Å²) in [6, 6.07) is 5.76. The molecule has 0 heterocycles. The maximum absolute atomic E-state index is 5.61. The molecule has 1 aromatic carbocycles. The zero-order chi connectivity index (χ0) is 12.5. The molecule has 0 aliphatic rings. The smallest absolute Gasteiger partial charge is 0.119 e. The first kappa shape index (κ1) is 14.4. The van der Waals surface area contributed by atoms with Gasteiger partial charge in [0.15, 0.2) is 0 Å². The number of hydrogen-bond donors (Lipinski definition) is 1. The van der Waals surface area contributed by atoms with Crippen LogP contribution in [-0.2, 0) is 16.0 Å². The lowest BCUT2D eigenvalue weighted by molar-refractivity contribution is 0.0544. The molecule has 0 spiro atoms. The molecule has 0 amide bonds. The fourth-order valence-corrected chi connectivity index (χ4v) is 1.67. The van der Waals surface area contributed by atoms with Gasteiger partial charge in [0, 0.05) is 18.1 Å². The maximum atomic E-state index is 5.61. The van der Waals surface area contributed by atoms with Gasteiger partial charge in [0.2, 0.25) is 0 Å². The second-order valence-corrected chi connectivity index (χ2v) is 4.27. The van der Waals surface area contributed by atoms with Crippen LogP contribution in [0.2, 0.25) is 0 Å². The first-order valence-corrected chi connectivity index (χ1v) is 6.25. The van der Waals surface area contributed by atoms with Crippen LogP contribution >= 0.6 is 15.9 Å². The minimum Gasteiger partial charge on any atom is -0.491 e. The van der Waals surface area contributed by atoms with Crippen molar-refractivity contribution >= 4 is 15.9 Å². The monoisotopic (exact) mass is 303 g/mol. The van der Waals surface area contributed by atoms with Gasteiger partial charge in [-0.25, -0.2) is 0 Å². The molecule has 1 aromatic rings. The molecule has 0 aliphatic heterocycles. The van der Waals surface area contributed by atoms with E-state index in [1.165, 1.54) is 0 Å². The van der Waals surface area contributed by atoms with Gasteiger partial charge in [-0.05, 0) is 23.8 Å². The molecule has 96 valence electrons. The highest BCUT2D eigenvalue weighted by Gasteiger charge is 2.00. The van der Waals surface area contributed by atoms with E-state index in [9.17, 15) is 0 Å². The molecule has 5 heteroatoms. The Labute approximate surface area is 110 Å². The first-order valence-electron chi connectivity index (χ1n) is 5.46. The predicted octanol–water partition coefficient (Wildman–Crippen LogP) is 1.95. The third-order valence-electron chi connectivity index (χ3n) is 2.17. The normalized spacial score (nSPS) is 10.5. The number of nitrogens with two attached hydrogens (primary N) is 1. The highest BCUT2D eigenvalue weighted by Crippen LogP contribution is 2.22. The van der Waals surface area contributed by atoms with E-state index < -0.39 is 0 Å². The molecule has 0 aromatic heterocycles. The topological polar surface area (TPSA) is 53.7 Å². The Bertz CT molecular complexity index is 334. The molecule has 4 nitrogen and oxygen atoms in total. The average Bonchev–Trinajstić information content (AvgIpc) is 2.35. The van der Waals surface area contributed by atoms with Gasteiger partial charge in [0.05, 0.1) is 19.8 Å². The van der Waals surface area contributed by atoms with E-state index >= 15 is 0 Å². The van der Waals surface area contributed by atoms with Gasteiger partial charge in [0.1, 0.15) is 12.4 Å². The summed E-state index contributed by atoms with van der Waals surface area (Å²) in [6.07, 6.45) is 0. The third-order valence-corrected chi connectivity index (χ3v) is 2.94. The van der Waals surface area contributed by atoms with Crippen LogP contribution in [0.25, 0.3) is 0 Å². The lowest BCUT2D eigenvalue weighted by atomic mass is 10.2. The van der Waals surface area contributed by atoms with Crippen LogP contribution < -0.4 is 10.5 Å². The lowest BCUT2D eigenvalue weighted by Crippen LogP contribution is -2.10. The maximum Gasteiger partial charge on any atom is 0.119 e. The van der Waals surface area contributed by atoms with Crippen molar-refractivity contribution in [1.29, 1.82) is 0 Å². The molecule has 0 bridgehead atoms. The van der Waals surface area contributed by atoms with Crippen molar-refractivity contribution in [2.24, 2.45) is 5.73 Å². The van der Waals surface area contributed by atoms with Crippen LogP contribution in [0.3, 0.4) is 0 Å². The molecule has 0 unspecified atom stereocenters. The zero-order valence-electron chi connectivity index (χ0n) is 9.95. The SMILES string of the molecule is COCCOCCOc1ccc(Br)c(CN)c1. The first-order chi connectivity index (χ1) is 8.27. The summed E-state index contributed by atoms with van der Waals surface area (Å²) in [5.74, 6) is 0.809. The molecule has 17 heavy (non-hydrogen) atoms. The van der Waals surface area contributed by atoms with Crippen LogP contribution in [0.15, 0.2) is 22.7 Å². The highest BCUT2D eigenvalue weighted by atomic mass is 79.9. The Kier molecular flexibility index (Phi) is 7.19. The molecular weight excluding hydrogens is 286 g/mol. The van der Waals surface area contributed by atoms with E-state index in [-0.39, 0.29) is 0 Å². The lowest BCUT2D eigenvalue weighted by Gasteiger charge is -2.09. The van der Waals surface area contributed by atoms with Gasteiger partial charge >= 0.3 is 0 Å². The number of benzene rings is 1. The fraction of sp³-hybridized carbons (Fsp3) is 0.500. The van der Waals surface area contributed by atoms with Crippen molar-refractivity contribution in [1.82, 2.24) is 0 Å². The van der Waals surface area contributed by atoms with Gasteiger partial charge in [-0.3, -0.25) is 0 Å². The molecule has 0 saturated carbocycles. The molecule has 0 radical (unpaired) electrons. The molecule has 0 aliphatic carbocycles. The Balaban J connectivity index is 2.27. The van der Waals surface area contributed by atoms with E-state index in [0.717, 1.165) is 15.8 Å². The Morgan fingerprint density at radius 1 is 1.18 bits per heavy atom. The van der Waals surface area contributed by atoms with E-state index in [1.807, 2.05) is 18.2 Å². The summed E-state index contributed by atoms with van der Waals surface area (Å²) in [7, 11) is 1.65. The summed E-state index contributed by atoms with van der Waals surface area (Å²) >= 11 is 3.43. The van der Waals surface area contributed by atoms with E-state index in [4.69, 9.17) is 19.9 Å². The second-order valence-electron chi connectivity index (χ2n) is 3.41. The quantitative estimate of drug-likeness (QED) is 0.746. The Morgan fingerprint density at radius 2 is 1.94 bits per heavy atom. The van der Waals surface area contributed by atoms with Gasteiger partial charge < -0.3 is 19.9 Å². The second kappa shape index (κ2) is 8.47. The van der Waals surface area contributed by atoms with Crippen molar-refractivity contribution in [2.75, 3.05) is 33.5 Å². The van der Waals surface area contributed by atoms with E-state index in [2.05, 4.69) is 15.9 Å². The summed E-state index contributed by atoms with van der Waals surface area (Å²) in [4.78, 5) is 0. The van der Waals surface area contributed by atoms with Gasteiger partial charge in [-0.2, -0.15) is 0 Å². The minimum absolute atomic E-state index is 0.488. The number of methoxy groups -OCH3 is 1. The highest BCUT2D eigenvalue weighted by molar-refractivity contribution is 9.10. The van der Waals surface area contributed by atoms with Crippen LogP contribution in [0, 0.1) is 0 Å². The van der Waals surface area contributed by atoms with Crippen LogP contribution in [0.5, 0.6) is 5.75 Å². The fourth-order valence-electron chi connectivity index (χ4n) is 1.26. The molecule has 1 rings (SSSR count). The van der Waals surface area contributed by atoms with Crippen molar-refractivity contribution in [2.45, 2.75) is 6.54 Å². The van der Waals surface area contributed by atoms with Crippen LogP contribution in [-0.4, -0.2) is 33.5 Å². The van der Waals surface area contributed by atoms with Crippen molar-refractivity contribution < 1.29 is 14.2 Å². The largest absolute Gasteiger partial charge is 0.491 e. The number of ether oxygens (including phenoxy) is 3. The Hall–Kier alpha value is -0.620. The van der Waals surface area contributed by atoms with Gasteiger partial charge in [0.25, 0.3) is 0 Å². The van der Waals surface area contributed by atoms with E-state index in [0.29, 0.717) is 33.0 Å². The van der Waals surface area contributed by atoms with Crippen molar-refractivity contribution in [3.63, 3.8) is 0 Å². The van der Waals surface area contributed by atoms with Crippen molar-refractivity contribution in [3.8, 4) is 5.75 Å². The summed E-state index contributed by atoms with van der Waals surface area (Å²) in [5.41, 5.74) is 6.64. The van der Waals surface area contributed by atoms with Crippen molar-refractivity contribution in [3.05, 3.63) is 28.2 Å². The molecule has 2 N–H and O–H groups in total. The number of hydrogen-bond acceptors (Lipinski definition) is 4. The number of halogens is 1. The Morgan fingerprint density at radius 3 is 2.65 bits per heavy atom. The standard InChI is InChI=1S/C12H18BrNO3/c1-15-4-5-16-6-7-17-11-2-3-12(13)10(8-11)9-14/h2-3,8H,4-7,9,14H2,1H3. The predicted molar refractivity (Wildman–Crippen MR) is 70.2 cm³/mol. The number of rotatable bonds is 8. The van der Waals surface area contributed by atoms with Gasteiger partial charge in [-0.1, -0.05) is 15.9 Å². The average molecular weight is 304 g/mol. The van der Waals surface area contributed by atoms with Crippen LogP contribution in [0.1, 0.15) is 5.56 Å². The van der Waals surface area contributed by atoms with E-state index in [1.54, 1.807) is 7.11 Å². The van der Waals surface area contributed by atoms with Crippen LogP contribution in [0.4, 0.5) is 0 Å². The summed E-state index contributed by atoms with van der Waals surface area (Å²) in [5, 5.41) is 0. The zero-order valence-corrected chi connectivity index (χ0v) is 11.5. The van der Waals surface area contributed by atoms with Gasteiger partial charge in [-0.15, -0.1) is 0 Å². The summed E-state index contributed by atoms with van der Waals surface area (Å²) < 4.78 is 16.7. The molecular formula is C12H18BrNO3. The minimum atomic E-state index is 0.488.